The molecule has 1 aliphatic carbocycles. The summed E-state index contributed by atoms with van der Waals surface area (Å²) >= 11 is 0. The molecule has 0 aromatic carbocycles. The maximum absolute atomic E-state index is 12.2. The largest absolute Gasteiger partial charge is 0.423 e. The van der Waals surface area contributed by atoms with Crippen molar-refractivity contribution >= 4 is 6.03 Å². The van der Waals surface area contributed by atoms with Crippen molar-refractivity contribution < 1.29 is 9.21 Å². The number of amides is 2. The highest BCUT2D eigenvalue weighted by molar-refractivity contribution is 5.77. The highest BCUT2D eigenvalue weighted by Crippen LogP contribution is 2.38. The SMILES string of the molecule is CN1C(=O)N2C[C@H]1CC[C@H]2c1nnc(CC2(N)CC2)o1. The first kappa shape index (κ1) is 12.1. The number of carbonyl (C=O) groups excluding carboxylic acids is 1. The summed E-state index contributed by atoms with van der Waals surface area (Å²) < 4.78 is 5.76. The van der Waals surface area contributed by atoms with E-state index >= 15 is 0 Å². The molecular weight excluding hydrogens is 258 g/mol. The predicted molar refractivity (Wildman–Crippen MR) is 69.8 cm³/mol. The molecule has 108 valence electrons. The maximum Gasteiger partial charge on any atom is 0.320 e. The van der Waals surface area contributed by atoms with Gasteiger partial charge in [0.2, 0.25) is 11.8 Å². The molecule has 0 unspecified atom stereocenters. The average Bonchev–Trinajstić information content (AvgIpc) is 2.92. The van der Waals surface area contributed by atoms with E-state index in [-0.39, 0.29) is 17.6 Å². The Morgan fingerprint density at radius 2 is 2.20 bits per heavy atom. The topological polar surface area (TPSA) is 88.5 Å². The fourth-order valence-electron chi connectivity index (χ4n) is 3.21. The summed E-state index contributed by atoms with van der Waals surface area (Å²) in [4.78, 5) is 15.8. The number of fused-ring (bicyclic) bond motifs is 2. The van der Waals surface area contributed by atoms with E-state index in [1.165, 1.54) is 0 Å². The van der Waals surface area contributed by atoms with Gasteiger partial charge in [0.1, 0.15) is 6.04 Å². The average molecular weight is 277 g/mol. The first-order valence-electron chi connectivity index (χ1n) is 7.20. The highest BCUT2D eigenvalue weighted by atomic mass is 16.4. The summed E-state index contributed by atoms with van der Waals surface area (Å²) in [5.41, 5.74) is 5.93. The number of aromatic nitrogens is 2. The fourth-order valence-corrected chi connectivity index (χ4v) is 3.21. The molecule has 2 aliphatic heterocycles. The first-order chi connectivity index (χ1) is 9.56. The molecule has 2 bridgehead atoms. The molecule has 4 rings (SSSR count). The van der Waals surface area contributed by atoms with Crippen LogP contribution in [0.4, 0.5) is 4.79 Å². The van der Waals surface area contributed by atoms with Crippen molar-refractivity contribution in [3.63, 3.8) is 0 Å². The molecule has 1 aromatic heterocycles. The summed E-state index contributed by atoms with van der Waals surface area (Å²) in [7, 11) is 1.86. The molecule has 3 aliphatic rings. The third-order valence-corrected chi connectivity index (χ3v) is 4.82. The Morgan fingerprint density at radius 1 is 1.40 bits per heavy atom. The maximum atomic E-state index is 12.2. The summed E-state index contributed by atoms with van der Waals surface area (Å²) in [6.45, 7) is 0.762. The van der Waals surface area contributed by atoms with Crippen LogP contribution in [0.3, 0.4) is 0 Å². The van der Waals surface area contributed by atoms with Gasteiger partial charge in [0.05, 0.1) is 6.04 Å². The zero-order valence-corrected chi connectivity index (χ0v) is 11.6. The molecule has 1 aromatic rings. The number of piperidine rings is 1. The van der Waals surface area contributed by atoms with Crippen molar-refractivity contribution in [2.45, 2.75) is 49.7 Å². The van der Waals surface area contributed by atoms with Crippen LogP contribution in [0, 0.1) is 0 Å². The van der Waals surface area contributed by atoms with Crippen LogP contribution in [-0.4, -0.2) is 51.2 Å². The molecule has 2 atom stereocenters. The third-order valence-electron chi connectivity index (χ3n) is 4.82. The van der Waals surface area contributed by atoms with Crippen molar-refractivity contribution in [1.29, 1.82) is 0 Å². The number of nitrogens with zero attached hydrogens (tertiary/aromatic N) is 4. The van der Waals surface area contributed by atoms with Crippen LogP contribution in [0.2, 0.25) is 0 Å². The van der Waals surface area contributed by atoms with Crippen molar-refractivity contribution in [2.24, 2.45) is 5.73 Å². The van der Waals surface area contributed by atoms with Gasteiger partial charge in [0.15, 0.2) is 0 Å². The summed E-state index contributed by atoms with van der Waals surface area (Å²) in [5.74, 6) is 1.16. The molecule has 3 heterocycles. The van der Waals surface area contributed by atoms with Gasteiger partial charge < -0.3 is 20.0 Å². The van der Waals surface area contributed by atoms with Gasteiger partial charge in [-0.2, -0.15) is 0 Å². The van der Waals surface area contributed by atoms with Crippen LogP contribution in [0.25, 0.3) is 0 Å². The number of nitrogens with two attached hydrogens (primary N) is 1. The van der Waals surface area contributed by atoms with Gasteiger partial charge >= 0.3 is 6.03 Å². The molecule has 3 fully saturated rings. The van der Waals surface area contributed by atoms with Crippen molar-refractivity contribution in [3.05, 3.63) is 11.8 Å². The van der Waals surface area contributed by atoms with E-state index in [2.05, 4.69) is 10.2 Å². The van der Waals surface area contributed by atoms with E-state index in [4.69, 9.17) is 10.2 Å². The molecule has 20 heavy (non-hydrogen) atoms. The Kier molecular flexibility index (Phi) is 2.39. The normalized spacial score (nSPS) is 31.0. The number of carbonyl (C=O) groups is 1. The summed E-state index contributed by atoms with van der Waals surface area (Å²) in [6.07, 6.45) is 4.55. The number of rotatable bonds is 3. The second-order valence-corrected chi connectivity index (χ2v) is 6.37. The lowest BCUT2D eigenvalue weighted by Gasteiger charge is -2.27. The minimum Gasteiger partial charge on any atom is -0.423 e. The minimum atomic E-state index is -0.134. The molecule has 1 saturated carbocycles. The van der Waals surface area contributed by atoms with Crippen molar-refractivity contribution in [3.8, 4) is 0 Å². The van der Waals surface area contributed by atoms with Crippen LogP contribution in [0.15, 0.2) is 4.42 Å². The van der Waals surface area contributed by atoms with E-state index in [1.807, 2.05) is 16.8 Å². The minimum absolute atomic E-state index is 0.0646. The Balaban J connectivity index is 1.54. The number of likely N-dealkylation sites (N-methyl/N-ethyl adjacent to an activating group) is 1. The fraction of sp³-hybridized carbons (Fsp3) is 0.769. The van der Waals surface area contributed by atoms with Gasteiger partial charge in [-0.3, -0.25) is 0 Å². The molecule has 2 N–H and O–H groups in total. The van der Waals surface area contributed by atoms with Crippen LogP contribution in [0.5, 0.6) is 0 Å². The Bertz CT molecular complexity index is 553. The lowest BCUT2D eigenvalue weighted by atomic mass is 10.0. The second kappa shape index (κ2) is 3.94. The van der Waals surface area contributed by atoms with Gasteiger partial charge in [0.25, 0.3) is 0 Å². The van der Waals surface area contributed by atoms with Gasteiger partial charge in [-0.25, -0.2) is 4.79 Å². The first-order valence-corrected chi connectivity index (χ1v) is 7.20. The van der Waals surface area contributed by atoms with Crippen molar-refractivity contribution in [2.75, 3.05) is 13.6 Å². The van der Waals surface area contributed by atoms with E-state index in [9.17, 15) is 4.79 Å². The third kappa shape index (κ3) is 1.80. The molecule has 2 saturated heterocycles. The lowest BCUT2D eigenvalue weighted by molar-refractivity contribution is 0.165. The van der Waals surface area contributed by atoms with Crippen LogP contribution >= 0.6 is 0 Å². The zero-order valence-electron chi connectivity index (χ0n) is 11.6. The quantitative estimate of drug-likeness (QED) is 0.877. The molecule has 2 amide bonds. The monoisotopic (exact) mass is 277 g/mol. The number of hydrogen-bond donors (Lipinski definition) is 1. The van der Waals surface area contributed by atoms with E-state index in [1.54, 1.807) is 0 Å². The van der Waals surface area contributed by atoms with Gasteiger partial charge in [0, 0.05) is 25.6 Å². The van der Waals surface area contributed by atoms with Crippen LogP contribution in [-0.2, 0) is 6.42 Å². The summed E-state index contributed by atoms with van der Waals surface area (Å²) in [5, 5.41) is 8.24. The Labute approximate surface area is 117 Å². The van der Waals surface area contributed by atoms with Crippen LogP contribution < -0.4 is 5.73 Å². The highest BCUT2D eigenvalue weighted by Gasteiger charge is 2.45. The van der Waals surface area contributed by atoms with Gasteiger partial charge in [-0.15, -0.1) is 10.2 Å². The molecule has 7 heteroatoms. The smallest absolute Gasteiger partial charge is 0.320 e. The lowest BCUT2D eigenvalue weighted by Crippen LogP contribution is -2.34. The van der Waals surface area contributed by atoms with E-state index in [0.717, 1.165) is 32.2 Å². The van der Waals surface area contributed by atoms with E-state index in [0.29, 0.717) is 24.2 Å². The Hall–Kier alpha value is -1.63. The standard InChI is InChI=1S/C13H19N5O2/c1-17-8-2-3-9(18(7-8)12(17)19)11-16-15-10(20-11)6-13(14)4-5-13/h8-9H,2-7,14H2,1H3/t8-,9+/m1/s1. The van der Waals surface area contributed by atoms with Crippen LogP contribution in [0.1, 0.15) is 43.5 Å². The molecule has 0 spiro atoms. The number of urea groups is 1. The Morgan fingerprint density at radius 3 is 2.95 bits per heavy atom. The number of hydrogen-bond acceptors (Lipinski definition) is 5. The van der Waals surface area contributed by atoms with Crippen molar-refractivity contribution in [1.82, 2.24) is 20.0 Å². The zero-order chi connectivity index (χ0) is 13.9. The molecular formula is C13H19N5O2. The van der Waals surface area contributed by atoms with Gasteiger partial charge in [-0.1, -0.05) is 0 Å². The molecule has 7 nitrogen and oxygen atoms in total. The van der Waals surface area contributed by atoms with Gasteiger partial charge in [-0.05, 0) is 25.7 Å². The van der Waals surface area contributed by atoms with E-state index < -0.39 is 0 Å². The second-order valence-electron chi connectivity index (χ2n) is 6.37. The predicted octanol–water partition coefficient (Wildman–Crippen LogP) is 0.674. The summed E-state index contributed by atoms with van der Waals surface area (Å²) in [6, 6.07) is 0.326. The molecule has 0 radical (unpaired) electrons.